The molecule has 0 fully saturated rings. The molecule has 1 aromatic carbocycles. The Morgan fingerprint density at radius 2 is 1.69 bits per heavy atom. The lowest BCUT2D eigenvalue weighted by atomic mass is 9.94. The van der Waals surface area contributed by atoms with Crippen molar-refractivity contribution in [2.24, 2.45) is 10.6 Å². The Kier molecular flexibility index (Phi) is 8.21. The van der Waals surface area contributed by atoms with Gasteiger partial charge in [0.25, 0.3) is 0 Å². The van der Waals surface area contributed by atoms with E-state index in [4.69, 9.17) is 15.2 Å². The van der Waals surface area contributed by atoms with Crippen LogP contribution in [0.25, 0.3) is 11.4 Å². The van der Waals surface area contributed by atoms with Crippen molar-refractivity contribution >= 4 is 11.4 Å². The zero-order valence-electron chi connectivity index (χ0n) is 21.4. The van der Waals surface area contributed by atoms with Crippen molar-refractivity contribution < 1.29 is 9.94 Å². The quantitative estimate of drug-likeness (QED) is 0.476. The number of hydrogen-bond donors (Lipinski definition) is 2. The van der Waals surface area contributed by atoms with Gasteiger partial charge in [0.2, 0.25) is 0 Å². The van der Waals surface area contributed by atoms with Crippen LogP contribution >= 0.6 is 0 Å². The van der Waals surface area contributed by atoms with E-state index in [2.05, 4.69) is 21.2 Å². The van der Waals surface area contributed by atoms with Crippen LogP contribution in [0.4, 0.5) is 0 Å². The molecule has 188 valence electrons. The lowest BCUT2D eigenvalue weighted by Gasteiger charge is -2.21. The van der Waals surface area contributed by atoms with E-state index in [-0.39, 0.29) is 12.0 Å². The normalized spacial score (nSPS) is 16.0. The molecule has 0 amide bonds. The number of pyridine rings is 1. The molecule has 2 aliphatic carbocycles. The van der Waals surface area contributed by atoms with Gasteiger partial charge in [0.15, 0.2) is 5.82 Å². The monoisotopic (exact) mass is 485 g/mol. The van der Waals surface area contributed by atoms with Gasteiger partial charge < -0.3 is 15.4 Å². The summed E-state index contributed by atoms with van der Waals surface area (Å²) < 4.78 is 0. The van der Waals surface area contributed by atoms with E-state index in [1.165, 1.54) is 5.56 Å². The highest BCUT2D eigenvalue weighted by Crippen LogP contribution is 2.24. The molecule has 7 nitrogen and oxygen atoms in total. The lowest BCUT2D eigenvalue weighted by Crippen LogP contribution is -2.23. The number of hydrogen-bond acceptors (Lipinski definition) is 7. The van der Waals surface area contributed by atoms with Gasteiger partial charge in [0.05, 0.1) is 23.7 Å². The molecule has 7 heteroatoms. The molecule has 0 radical (unpaired) electrons. The molecule has 0 spiro atoms. The van der Waals surface area contributed by atoms with Crippen LogP contribution in [0.15, 0.2) is 53.8 Å². The van der Waals surface area contributed by atoms with E-state index < -0.39 is 0 Å². The zero-order chi connectivity index (χ0) is 25.5. The number of oxime groups is 1. The number of fused-ring (bicyclic) bond motifs is 2. The van der Waals surface area contributed by atoms with Crippen molar-refractivity contribution in [3.63, 3.8) is 0 Å². The van der Waals surface area contributed by atoms with E-state index in [0.29, 0.717) is 18.1 Å². The summed E-state index contributed by atoms with van der Waals surface area (Å²) >= 11 is 0. The van der Waals surface area contributed by atoms with Gasteiger partial charge in [-0.25, -0.2) is 9.97 Å². The maximum Gasteiger partial charge on any atom is 0.159 e. The third kappa shape index (κ3) is 6.40. The second-order valence-corrected chi connectivity index (χ2v) is 10.2. The summed E-state index contributed by atoms with van der Waals surface area (Å²) in [7, 11) is 0. The first-order valence-corrected chi connectivity index (χ1v) is 12.6. The minimum Gasteiger partial charge on any atom is -0.396 e. The first-order valence-electron chi connectivity index (χ1n) is 12.6. The fraction of sp³-hybridized carbons (Fsp3) is 0.414. The van der Waals surface area contributed by atoms with Crippen molar-refractivity contribution in [3.8, 4) is 11.4 Å². The van der Waals surface area contributed by atoms with Crippen molar-refractivity contribution in [2.75, 3.05) is 13.2 Å². The molecule has 2 aliphatic rings. The fourth-order valence-corrected chi connectivity index (χ4v) is 4.17. The average molecular weight is 486 g/mol. The second-order valence-electron chi connectivity index (χ2n) is 10.2. The summed E-state index contributed by atoms with van der Waals surface area (Å²) in [6, 6.07) is 14.1. The molecule has 0 saturated carbocycles. The Morgan fingerprint density at radius 1 is 0.944 bits per heavy atom. The minimum absolute atomic E-state index is 0.0643. The fourth-order valence-electron chi connectivity index (χ4n) is 4.17. The smallest absolute Gasteiger partial charge is 0.159 e. The van der Waals surface area contributed by atoms with Crippen LogP contribution in [0, 0.1) is 17.7 Å². The summed E-state index contributed by atoms with van der Waals surface area (Å²) in [5, 5.41) is 21.3. The van der Waals surface area contributed by atoms with Crippen molar-refractivity contribution in [1.82, 2.24) is 15.0 Å². The van der Waals surface area contributed by atoms with Gasteiger partial charge in [-0.3, -0.25) is 4.98 Å². The van der Waals surface area contributed by atoms with Gasteiger partial charge in [0.1, 0.15) is 12.3 Å². The van der Waals surface area contributed by atoms with Crippen molar-refractivity contribution in [2.45, 2.75) is 59.3 Å². The molecular weight excluding hydrogens is 450 g/mol. The van der Waals surface area contributed by atoms with E-state index in [1.54, 1.807) is 0 Å². The summed E-state index contributed by atoms with van der Waals surface area (Å²) in [5.74, 6) is 0.708. The van der Waals surface area contributed by atoms with Crippen LogP contribution in [0.3, 0.4) is 0 Å². The maximum atomic E-state index is 9.30. The number of aliphatic hydroxyl groups excluding tert-OH is 1. The Balaban J connectivity index is 0.000000211. The summed E-state index contributed by atoms with van der Waals surface area (Å²) in [6.07, 6.45) is 7.82. The standard InChI is InChI=1S/C19H23N3O2.C10H12N2/c1-19(2,12-23)13-24-22-16-10-6-9-15-11-20-18(21-17(15)16)14-7-4-3-5-8-14;1-7-5-6-8-3-2-4-9(11)10(8)12-7/h3-5,7-8,11,23H,6,9-10,12-13H2,1-2H3;5-6,11H,2-4H2,1H3/b22-16+;. The molecule has 0 unspecified atom stereocenters. The zero-order valence-corrected chi connectivity index (χ0v) is 21.4. The summed E-state index contributed by atoms with van der Waals surface area (Å²) in [5.41, 5.74) is 7.46. The molecular formula is C29H35N5O2. The van der Waals surface area contributed by atoms with Crippen LogP contribution in [0.1, 0.15) is 67.7 Å². The summed E-state index contributed by atoms with van der Waals surface area (Å²) in [4.78, 5) is 19.1. The number of aryl methyl sites for hydroxylation is 3. The molecule has 36 heavy (non-hydrogen) atoms. The summed E-state index contributed by atoms with van der Waals surface area (Å²) in [6.45, 7) is 6.30. The molecule has 5 rings (SSSR count). The van der Waals surface area contributed by atoms with Gasteiger partial charge in [-0.15, -0.1) is 0 Å². The number of aromatic nitrogens is 3. The molecule has 0 bridgehead atoms. The average Bonchev–Trinajstić information content (AvgIpc) is 2.90. The van der Waals surface area contributed by atoms with Crippen LogP contribution in [0.2, 0.25) is 0 Å². The number of nitrogens with zero attached hydrogens (tertiary/aromatic N) is 4. The highest BCUT2D eigenvalue weighted by atomic mass is 16.6. The first-order chi connectivity index (χ1) is 17.4. The molecule has 3 aromatic rings. The topological polar surface area (TPSA) is 104 Å². The van der Waals surface area contributed by atoms with Gasteiger partial charge in [-0.05, 0) is 62.6 Å². The number of nitrogens with one attached hydrogen (secondary N) is 1. The van der Waals surface area contributed by atoms with Gasteiger partial charge in [-0.1, -0.05) is 55.4 Å². The largest absolute Gasteiger partial charge is 0.396 e. The SMILES string of the molecule is CC(C)(CO)CO/N=C1\CCCc2cnc(-c3ccccc3)nc21.Cc1ccc2c(n1)C(=N)CCC2. The van der Waals surface area contributed by atoms with E-state index >= 15 is 0 Å². The molecule has 2 N–H and O–H groups in total. The number of benzene rings is 1. The second kappa shape index (κ2) is 11.5. The Bertz CT molecular complexity index is 1240. The highest BCUT2D eigenvalue weighted by Gasteiger charge is 2.21. The Labute approximate surface area is 213 Å². The minimum atomic E-state index is -0.303. The molecule has 0 atom stereocenters. The predicted octanol–water partition coefficient (Wildman–Crippen LogP) is 5.31. The third-order valence-corrected chi connectivity index (χ3v) is 6.36. The maximum absolute atomic E-state index is 9.30. The molecule has 2 aromatic heterocycles. The van der Waals surface area contributed by atoms with Crippen molar-refractivity contribution in [3.05, 3.63) is 76.9 Å². The first kappa shape index (κ1) is 25.6. The van der Waals surface area contributed by atoms with E-state index in [1.807, 2.05) is 63.4 Å². The number of aliphatic hydroxyl groups is 1. The third-order valence-electron chi connectivity index (χ3n) is 6.36. The highest BCUT2D eigenvalue weighted by molar-refractivity contribution is 6.01. The van der Waals surface area contributed by atoms with Crippen LogP contribution in [-0.4, -0.2) is 44.7 Å². The Morgan fingerprint density at radius 3 is 2.47 bits per heavy atom. The molecule has 0 saturated heterocycles. The Hall–Kier alpha value is -3.45. The van der Waals surface area contributed by atoms with Crippen molar-refractivity contribution in [1.29, 1.82) is 5.41 Å². The van der Waals surface area contributed by atoms with Gasteiger partial charge in [-0.2, -0.15) is 0 Å². The van der Waals surface area contributed by atoms with Gasteiger partial charge in [0, 0.05) is 22.9 Å². The van der Waals surface area contributed by atoms with Crippen LogP contribution < -0.4 is 0 Å². The van der Waals surface area contributed by atoms with Crippen LogP contribution in [0.5, 0.6) is 0 Å². The van der Waals surface area contributed by atoms with E-state index in [0.717, 1.165) is 72.4 Å². The predicted molar refractivity (Wildman–Crippen MR) is 143 cm³/mol. The lowest BCUT2D eigenvalue weighted by molar-refractivity contribution is 0.0309. The van der Waals surface area contributed by atoms with E-state index in [9.17, 15) is 5.11 Å². The molecule has 2 heterocycles. The number of rotatable bonds is 5. The van der Waals surface area contributed by atoms with Crippen LogP contribution in [-0.2, 0) is 17.7 Å². The van der Waals surface area contributed by atoms with Gasteiger partial charge >= 0.3 is 0 Å². The molecule has 0 aliphatic heterocycles.